The second kappa shape index (κ2) is 7.38. The maximum Gasteiger partial charge on any atom is 0.294 e. The number of aryl methyl sites for hydroxylation is 2. The highest BCUT2D eigenvalue weighted by Crippen LogP contribution is 2.49. The summed E-state index contributed by atoms with van der Waals surface area (Å²) in [4.78, 5) is 27.0. The molecule has 1 aromatic heterocycles. The second-order valence-electron chi connectivity index (χ2n) is 9.10. The van der Waals surface area contributed by atoms with E-state index in [1.165, 1.54) is 19.3 Å². The lowest BCUT2D eigenvalue weighted by Gasteiger charge is -2.21. The van der Waals surface area contributed by atoms with Gasteiger partial charge in [-0.25, -0.2) is 5.43 Å². The topological polar surface area (TPSA) is 64.0 Å². The Bertz CT molecular complexity index is 1200. The van der Waals surface area contributed by atoms with E-state index in [1.54, 1.807) is 6.07 Å². The summed E-state index contributed by atoms with van der Waals surface area (Å²) in [6.45, 7) is 4.08. The number of fused-ring (bicyclic) bond motifs is 3. The molecule has 2 saturated carbocycles. The fourth-order valence-corrected chi connectivity index (χ4v) is 5.48. The minimum atomic E-state index is -0.291. The fourth-order valence-electron chi connectivity index (χ4n) is 5.48. The van der Waals surface area contributed by atoms with Crippen molar-refractivity contribution in [1.29, 1.82) is 0 Å². The summed E-state index contributed by atoms with van der Waals surface area (Å²) in [5, 5.41) is 5.97. The van der Waals surface area contributed by atoms with Crippen LogP contribution < -0.4 is 11.0 Å². The third-order valence-corrected chi connectivity index (χ3v) is 7.02. The standard InChI is InChI=1S/C25H27N3O2/c1-15-7-8-16(2)22(11-15)24-20-5-3-4-6-21(20)25(30)28(27-24)26-23(29)14-19-13-17-9-10-18(19)12-17/h3-8,11,17-19H,9-10,12-14H2,1-2H3,(H,26,29)/t17-,18+,19-/m1/s1. The van der Waals surface area contributed by atoms with Gasteiger partial charge < -0.3 is 0 Å². The van der Waals surface area contributed by atoms with Gasteiger partial charge in [-0.1, -0.05) is 42.3 Å². The van der Waals surface area contributed by atoms with Crippen LogP contribution in [0.4, 0.5) is 0 Å². The number of carbonyl (C=O) groups is 1. The normalized spacial score (nSPS) is 22.5. The lowest BCUT2D eigenvalue weighted by molar-refractivity contribution is -0.118. The minimum absolute atomic E-state index is 0.121. The molecule has 2 fully saturated rings. The highest BCUT2D eigenvalue weighted by atomic mass is 16.2. The Labute approximate surface area is 176 Å². The Morgan fingerprint density at radius 3 is 2.63 bits per heavy atom. The van der Waals surface area contributed by atoms with Gasteiger partial charge in [-0.15, -0.1) is 9.89 Å². The predicted molar refractivity (Wildman–Crippen MR) is 119 cm³/mol. The molecule has 1 N–H and O–H groups in total. The molecular weight excluding hydrogens is 374 g/mol. The number of hydrogen-bond acceptors (Lipinski definition) is 3. The Balaban J connectivity index is 1.52. The SMILES string of the molecule is Cc1ccc(C)c(-c2nn(NC(=O)C[C@H]3C[C@@H]4CC[C@H]3C4)c(=O)c3ccccc23)c1. The number of nitrogens with zero attached hydrogens (tertiary/aromatic N) is 2. The van der Waals surface area contributed by atoms with Crippen LogP contribution in [0.3, 0.4) is 0 Å². The molecular formula is C25H27N3O2. The van der Waals surface area contributed by atoms with E-state index in [0.717, 1.165) is 39.2 Å². The molecule has 0 aliphatic heterocycles. The molecule has 30 heavy (non-hydrogen) atoms. The summed E-state index contributed by atoms with van der Waals surface area (Å²) in [6.07, 6.45) is 5.44. The van der Waals surface area contributed by atoms with Crippen LogP contribution in [-0.4, -0.2) is 15.8 Å². The predicted octanol–water partition coefficient (Wildman–Crippen LogP) is 4.58. The number of aromatic nitrogens is 2. The molecule has 2 aliphatic rings. The molecule has 2 aromatic carbocycles. The van der Waals surface area contributed by atoms with Gasteiger partial charge in [0.05, 0.1) is 5.39 Å². The lowest BCUT2D eigenvalue weighted by Crippen LogP contribution is -2.36. The first-order chi connectivity index (χ1) is 14.5. The Hall–Kier alpha value is -2.95. The van der Waals surface area contributed by atoms with Crippen molar-refractivity contribution >= 4 is 16.7 Å². The average molecular weight is 402 g/mol. The third kappa shape index (κ3) is 3.32. The third-order valence-electron chi connectivity index (χ3n) is 7.02. The first kappa shape index (κ1) is 19.0. The number of benzene rings is 2. The van der Waals surface area contributed by atoms with Gasteiger partial charge in [0, 0.05) is 17.4 Å². The smallest absolute Gasteiger partial charge is 0.273 e. The first-order valence-corrected chi connectivity index (χ1v) is 10.9. The Kier molecular flexibility index (Phi) is 4.69. The second-order valence-corrected chi connectivity index (χ2v) is 9.10. The summed E-state index contributed by atoms with van der Waals surface area (Å²) in [5.74, 6) is 1.79. The quantitative estimate of drug-likeness (QED) is 0.696. The molecule has 1 amide bonds. The first-order valence-electron chi connectivity index (χ1n) is 10.9. The van der Waals surface area contributed by atoms with Gasteiger partial charge in [0.25, 0.3) is 5.56 Å². The molecule has 5 rings (SSSR count). The summed E-state index contributed by atoms with van der Waals surface area (Å²) < 4.78 is 0. The van der Waals surface area contributed by atoms with E-state index in [4.69, 9.17) is 0 Å². The van der Waals surface area contributed by atoms with Crippen LogP contribution >= 0.6 is 0 Å². The van der Waals surface area contributed by atoms with Gasteiger partial charge in [-0.2, -0.15) is 0 Å². The molecule has 154 valence electrons. The van der Waals surface area contributed by atoms with Crippen LogP contribution in [0, 0.1) is 31.6 Å². The molecule has 2 aliphatic carbocycles. The van der Waals surface area contributed by atoms with Crippen LogP contribution in [0.2, 0.25) is 0 Å². The van der Waals surface area contributed by atoms with Crippen LogP contribution in [-0.2, 0) is 4.79 Å². The van der Waals surface area contributed by atoms with Crippen molar-refractivity contribution in [2.45, 2.75) is 46.0 Å². The molecule has 1 heterocycles. The van der Waals surface area contributed by atoms with E-state index in [9.17, 15) is 9.59 Å². The zero-order chi connectivity index (χ0) is 20.8. The molecule has 0 radical (unpaired) electrons. The van der Waals surface area contributed by atoms with E-state index in [-0.39, 0.29) is 11.5 Å². The van der Waals surface area contributed by atoms with Gasteiger partial charge in [0.2, 0.25) is 5.91 Å². The summed E-state index contributed by atoms with van der Waals surface area (Å²) >= 11 is 0. The molecule has 3 atom stereocenters. The maximum absolute atomic E-state index is 13.0. The van der Waals surface area contributed by atoms with E-state index in [1.807, 2.05) is 32.0 Å². The number of rotatable bonds is 4. The molecule has 0 unspecified atom stereocenters. The Morgan fingerprint density at radius 1 is 1.10 bits per heavy atom. The zero-order valence-corrected chi connectivity index (χ0v) is 17.5. The van der Waals surface area contributed by atoms with Gasteiger partial charge in [0.1, 0.15) is 5.69 Å². The fraction of sp³-hybridized carbons (Fsp3) is 0.400. The zero-order valence-electron chi connectivity index (χ0n) is 17.5. The molecule has 0 saturated heterocycles. The number of nitrogens with one attached hydrogen (secondary N) is 1. The molecule has 0 spiro atoms. The molecule has 2 bridgehead atoms. The van der Waals surface area contributed by atoms with Crippen LogP contribution in [0.25, 0.3) is 22.0 Å². The minimum Gasteiger partial charge on any atom is -0.273 e. The van der Waals surface area contributed by atoms with Crippen LogP contribution in [0.1, 0.15) is 43.2 Å². The van der Waals surface area contributed by atoms with Crippen LogP contribution in [0.15, 0.2) is 47.3 Å². The van der Waals surface area contributed by atoms with E-state index in [0.29, 0.717) is 29.3 Å². The van der Waals surface area contributed by atoms with Crippen LogP contribution in [0.5, 0.6) is 0 Å². The van der Waals surface area contributed by atoms with Crippen molar-refractivity contribution in [3.05, 3.63) is 63.9 Å². The highest BCUT2D eigenvalue weighted by molar-refractivity contribution is 5.95. The molecule has 5 heteroatoms. The highest BCUT2D eigenvalue weighted by Gasteiger charge is 2.40. The van der Waals surface area contributed by atoms with Gasteiger partial charge >= 0.3 is 0 Å². The number of amides is 1. The van der Waals surface area contributed by atoms with E-state index in [2.05, 4.69) is 28.7 Å². The van der Waals surface area contributed by atoms with Crippen molar-refractivity contribution < 1.29 is 4.79 Å². The average Bonchev–Trinajstić information content (AvgIpc) is 3.35. The van der Waals surface area contributed by atoms with Gasteiger partial charge in [-0.05, 0) is 68.6 Å². The van der Waals surface area contributed by atoms with Gasteiger partial charge in [0.15, 0.2) is 0 Å². The van der Waals surface area contributed by atoms with Gasteiger partial charge in [-0.3, -0.25) is 9.59 Å². The largest absolute Gasteiger partial charge is 0.294 e. The summed E-state index contributed by atoms with van der Waals surface area (Å²) in [6, 6.07) is 13.7. The number of hydrogen-bond donors (Lipinski definition) is 1. The Morgan fingerprint density at radius 2 is 1.90 bits per heavy atom. The molecule has 3 aromatic rings. The van der Waals surface area contributed by atoms with Crippen molar-refractivity contribution in [3.8, 4) is 11.3 Å². The van der Waals surface area contributed by atoms with Crippen molar-refractivity contribution in [2.75, 3.05) is 5.43 Å². The molecule has 5 nitrogen and oxygen atoms in total. The monoisotopic (exact) mass is 401 g/mol. The number of carbonyl (C=O) groups excluding carboxylic acids is 1. The lowest BCUT2D eigenvalue weighted by atomic mass is 9.86. The summed E-state index contributed by atoms with van der Waals surface area (Å²) in [7, 11) is 0. The van der Waals surface area contributed by atoms with E-state index < -0.39 is 0 Å². The van der Waals surface area contributed by atoms with Crippen molar-refractivity contribution in [3.63, 3.8) is 0 Å². The van der Waals surface area contributed by atoms with Crippen molar-refractivity contribution in [2.24, 2.45) is 17.8 Å². The maximum atomic E-state index is 13.0. The van der Waals surface area contributed by atoms with E-state index >= 15 is 0 Å². The van der Waals surface area contributed by atoms with Crippen molar-refractivity contribution in [1.82, 2.24) is 9.89 Å². The summed E-state index contributed by atoms with van der Waals surface area (Å²) in [5.41, 5.74) is 6.39.